The van der Waals surface area contributed by atoms with Gasteiger partial charge in [0.15, 0.2) is 0 Å². The van der Waals surface area contributed by atoms with Crippen LogP contribution >= 0.6 is 15.9 Å². The van der Waals surface area contributed by atoms with Gasteiger partial charge in [-0.05, 0) is 35.9 Å². The van der Waals surface area contributed by atoms with Crippen LogP contribution in [0.2, 0.25) is 0 Å². The summed E-state index contributed by atoms with van der Waals surface area (Å²) in [7, 11) is 1.68. The zero-order valence-electron chi connectivity index (χ0n) is 10.7. The largest absolute Gasteiger partial charge is 0.457 e. The van der Waals surface area contributed by atoms with Crippen molar-refractivity contribution >= 4 is 15.9 Å². The van der Waals surface area contributed by atoms with Crippen LogP contribution in [0.25, 0.3) is 0 Å². The molecule has 0 bridgehead atoms. The Kier molecular flexibility index (Phi) is 4.96. The molecule has 2 N–H and O–H groups in total. The zero-order chi connectivity index (χ0) is 13.7. The highest BCUT2D eigenvalue weighted by atomic mass is 79.9. The number of hydrogen-bond donors (Lipinski definition) is 1. The van der Waals surface area contributed by atoms with Gasteiger partial charge in [0.2, 0.25) is 0 Å². The summed E-state index contributed by atoms with van der Waals surface area (Å²) in [5, 5.41) is 0. The summed E-state index contributed by atoms with van der Waals surface area (Å²) >= 11 is 3.43. The molecule has 19 heavy (non-hydrogen) atoms. The molecule has 0 aromatic heterocycles. The monoisotopic (exact) mass is 321 g/mol. The van der Waals surface area contributed by atoms with Crippen molar-refractivity contribution in [3.63, 3.8) is 0 Å². The van der Waals surface area contributed by atoms with Crippen molar-refractivity contribution < 1.29 is 9.47 Å². The van der Waals surface area contributed by atoms with Crippen LogP contribution in [-0.4, -0.2) is 7.11 Å². The number of benzene rings is 2. The maximum absolute atomic E-state index is 5.89. The molecule has 0 spiro atoms. The van der Waals surface area contributed by atoms with Gasteiger partial charge >= 0.3 is 0 Å². The quantitative estimate of drug-likeness (QED) is 0.909. The molecule has 0 amide bonds. The molecule has 0 saturated carbocycles. The van der Waals surface area contributed by atoms with Gasteiger partial charge in [0.25, 0.3) is 0 Å². The Balaban J connectivity index is 2.23. The van der Waals surface area contributed by atoms with Gasteiger partial charge in [-0.1, -0.05) is 28.1 Å². The summed E-state index contributed by atoms with van der Waals surface area (Å²) in [4.78, 5) is 0. The minimum Gasteiger partial charge on any atom is -0.457 e. The van der Waals surface area contributed by atoms with Gasteiger partial charge in [-0.3, -0.25) is 0 Å². The Hall–Kier alpha value is -1.36. The van der Waals surface area contributed by atoms with Crippen LogP contribution in [0, 0.1) is 0 Å². The molecule has 0 aliphatic carbocycles. The maximum Gasteiger partial charge on any atom is 0.131 e. The van der Waals surface area contributed by atoms with Crippen molar-refractivity contribution in [3.05, 3.63) is 58.1 Å². The predicted molar refractivity (Wildman–Crippen MR) is 79.3 cm³/mol. The summed E-state index contributed by atoms with van der Waals surface area (Å²) < 4.78 is 12.0. The molecule has 0 unspecified atom stereocenters. The zero-order valence-corrected chi connectivity index (χ0v) is 12.3. The number of hydrogen-bond acceptors (Lipinski definition) is 3. The van der Waals surface area contributed by atoms with E-state index in [9.17, 15) is 0 Å². The van der Waals surface area contributed by atoms with Crippen LogP contribution < -0.4 is 10.5 Å². The fourth-order valence-corrected chi connectivity index (χ4v) is 2.21. The normalized spacial score (nSPS) is 10.5. The van der Waals surface area contributed by atoms with Gasteiger partial charge in [-0.2, -0.15) is 0 Å². The Labute approximate surface area is 121 Å². The van der Waals surface area contributed by atoms with E-state index in [0.29, 0.717) is 13.2 Å². The van der Waals surface area contributed by atoms with Gasteiger partial charge < -0.3 is 15.2 Å². The lowest BCUT2D eigenvalue weighted by Crippen LogP contribution is -1.99. The molecule has 2 aromatic carbocycles. The third kappa shape index (κ3) is 3.80. The third-order valence-corrected chi connectivity index (χ3v) is 3.17. The van der Waals surface area contributed by atoms with E-state index in [1.807, 2.05) is 42.5 Å². The lowest BCUT2D eigenvalue weighted by Gasteiger charge is -2.11. The van der Waals surface area contributed by atoms with Crippen molar-refractivity contribution in [2.75, 3.05) is 7.11 Å². The summed E-state index contributed by atoms with van der Waals surface area (Å²) in [6.07, 6.45) is 0. The fourth-order valence-electron chi connectivity index (χ4n) is 1.80. The highest BCUT2D eigenvalue weighted by molar-refractivity contribution is 9.10. The number of ether oxygens (including phenoxy) is 2. The average molecular weight is 322 g/mol. The summed E-state index contributed by atoms with van der Waals surface area (Å²) in [5.74, 6) is 1.56. The number of nitrogens with two attached hydrogens (primary N) is 1. The van der Waals surface area contributed by atoms with Gasteiger partial charge in [0.05, 0.1) is 6.61 Å². The van der Waals surface area contributed by atoms with Gasteiger partial charge in [-0.25, -0.2) is 0 Å². The molecule has 3 nitrogen and oxygen atoms in total. The van der Waals surface area contributed by atoms with Crippen LogP contribution in [0.5, 0.6) is 11.5 Å². The number of rotatable bonds is 5. The lowest BCUT2D eigenvalue weighted by atomic mass is 10.2. The van der Waals surface area contributed by atoms with E-state index in [-0.39, 0.29) is 0 Å². The SMILES string of the molecule is COCc1cccc(Oc2ccc(Br)cc2CN)c1. The first-order valence-electron chi connectivity index (χ1n) is 5.97. The molecule has 0 radical (unpaired) electrons. The minimum absolute atomic E-state index is 0.437. The van der Waals surface area contributed by atoms with Crippen molar-refractivity contribution in [1.29, 1.82) is 0 Å². The lowest BCUT2D eigenvalue weighted by molar-refractivity contribution is 0.184. The molecule has 4 heteroatoms. The topological polar surface area (TPSA) is 44.5 Å². The predicted octanol–water partition coefficient (Wildman–Crippen LogP) is 3.85. The molecule has 100 valence electrons. The van der Waals surface area contributed by atoms with Crippen LogP contribution in [0.15, 0.2) is 46.9 Å². The second-order valence-corrected chi connectivity index (χ2v) is 5.05. The first-order chi connectivity index (χ1) is 9.22. The number of methoxy groups -OCH3 is 1. The molecular weight excluding hydrogens is 306 g/mol. The first-order valence-corrected chi connectivity index (χ1v) is 6.76. The molecule has 2 aromatic rings. The van der Waals surface area contributed by atoms with E-state index in [2.05, 4.69) is 15.9 Å². The summed E-state index contributed by atoms with van der Waals surface area (Å²) in [6, 6.07) is 13.6. The van der Waals surface area contributed by atoms with E-state index >= 15 is 0 Å². The smallest absolute Gasteiger partial charge is 0.131 e. The van der Waals surface area contributed by atoms with Crippen molar-refractivity contribution in [3.8, 4) is 11.5 Å². The standard InChI is InChI=1S/C15H16BrNO2/c1-18-10-11-3-2-4-14(7-11)19-15-6-5-13(16)8-12(15)9-17/h2-8H,9-10,17H2,1H3. The molecule has 0 fully saturated rings. The first kappa shape index (κ1) is 14.1. The molecule has 0 heterocycles. The third-order valence-electron chi connectivity index (χ3n) is 2.68. The highest BCUT2D eigenvalue weighted by Gasteiger charge is 2.05. The van der Waals surface area contributed by atoms with Crippen LogP contribution in [0.3, 0.4) is 0 Å². The highest BCUT2D eigenvalue weighted by Crippen LogP contribution is 2.28. The molecule has 2 rings (SSSR count). The summed E-state index contributed by atoms with van der Waals surface area (Å²) in [6.45, 7) is 1.01. The van der Waals surface area contributed by atoms with Gasteiger partial charge in [0, 0.05) is 23.7 Å². The number of halogens is 1. The molecule has 0 aliphatic heterocycles. The van der Waals surface area contributed by atoms with Crippen molar-refractivity contribution in [2.45, 2.75) is 13.2 Å². The summed E-state index contributed by atoms with van der Waals surface area (Å²) in [5.41, 5.74) is 7.77. The molecular formula is C15H16BrNO2. The van der Waals surface area contributed by atoms with E-state index in [1.54, 1.807) is 7.11 Å². The Morgan fingerprint density at radius 1 is 1.16 bits per heavy atom. The van der Waals surface area contributed by atoms with E-state index in [4.69, 9.17) is 15.2 Å². The minimum atomic E-state index is 0.437. The second-order valence-electron chi connectivity index (χ2n) is 4.14. The van der Waals surface area contributed by atoms with Crippen LogP contribution in [-0.2, 0) is 17.9 Å². The molecule has 0 saturated heterocycles. The van der Waals surface area contributed by atoms with Gasteiger partial charge in [0.1, 0.15) is 11.5 Å². The second kappa shape index (κ2) is 6.70. The molecule has 0 aliphatic rings. The van der Waals surface area contributed by atoms with Gasteiger partial charge in [-0.15, -0.1) is 0 Å². The maximum atomic E-state index is 5.89. The van der Waals surface area contributed by atoms with Crippen LogP contribution in [0.1, 0.15) is 11.1 Å². The Morgan fingerprint density at radius 2 is 2.00 bits per heavy atom. The van der Waals surface area contributed by atoms with Crippen molar-refractivity contribution in [1.82, 2.24) is 0 Å². The van der Waals surface area contributed by atoms with E-state index < -0.39 is 0 Å². The fraction of sp³-hybridized carbons (Fsp3) is 0.200. The Morgan fingerprint density at radius 3 is 2.74 bits per heavy atom. The van der Waals surface area contributed by atoms with E-state index in [1.165, 1.54) is 0 Å². The van der Waals surface area contributed by atoms with Crippen molar-refractivity contribution in [2.24, 2.45) is 5.73 Å². The van der Waals surface area contributed by atoms with Crippen LogP contribution in [0.4, 0.5) is 0 Å². The average Bonchev–Trinajstić information content (AvgIpc) is 2.41. The van der Waals surface area contributed by atoms with E-state index in [0.717, 1.165) is 27.1 Å². The Bertz CT molecular complexity index is 558. The molecule has 0 atom stereocenters.